The van der Waals surface area contributed by atoms with E-state index in [1.54, 1.807) is 22.9 Å². The predicted octanol–water partition coefficient (Wildman–Crippen LogP) is 3.75. The number of hydrogen-bond donors (Lipinski definition) is 1. The van der Waals surface area contributed by atoms with E-state index in [1.807, 2.05) is 13.2 Å². The van der Waals surface area contributed by atoms with E-state index in [1.165, 1.54) is 41.4 Å². The Bertz CT molecular complexity index is 842. The number of aryl methyl sites for hydroxylation is 1. The largest absolute Gasteiger partial charge is 0.296 e. The second kappa shape index (κ2) is 6.51. The Morgan fingerprint density at radius 1 is 1.26 bits per heavy atom. The van der Waals surface area contributed by atoms with E-state index in [4.69, 9.17) is 0 Å². The third-order valence-electron chi connectivity index (χ3n) is 3.07. The van der Waals surface area contributed by atoms with Gasteiger partial charge in [-0.3, -0.25) is 14.7 Å². The molecule has 3 aromatic rings. The maximum atomic E-state index is 13.1. The van der Waals surface area contributed by atoms with Gasteiger partial charge in [0.25, 0.3) is 5.91 Å². The summed E-state index contributed by atoms with van der Waals surface area (Å²) in [7, 11) is 0. The molecule has 1 N–H and O–H groups in total. The van der Waals surface area contributed by atoms with Crippen LogP contribution in [0.2, 0.25) is 0 Å². The van der Waals surface area contributed by atoms with Crippen LogP contribution in [0.1, 0.15) is 15.4 Å². The standard InChI is InChI=1S/C15H13FN4OS2/c1-9-7-17-14(23-9)19-13(21)12-8-18-15(22-2)20(12)11-5-3-10(16)4-6-11/h3-8H,1-2H3,(H,17,19,21). The molecule has 0 fully saturated rings. The maximum Gasteiger partial charge on any atom is 0.276 e. The number of thioether (sulfide) groups is 1. The Hall–Kier alpha value is -2.19. The lowest BCUT2D eigenvalue weighted by molar-refractivity contribution is 0.102. The molecule has 2 aromatic heterocycles. The number of rotatable bonds is 4. The molecule has 0 aliphatic heterocycles. The molecule has 0 saturated carbocycles. The van der Waals surface area contributed by atoms with Crippen LogP contribution in [0.5, 0.6) is 0 Å². The summed E-state index contributed by atoms with van der Waals surface area (Å²) >= 11 is 2.81. The molecule has 0 atom stereocenters. The number of carbonyl (C=O) groups excluding carboxylic acids is 1. The van der Waals surface area contributed by atoms with Crippen molar-refractivity contribution in [3.63, 3.8) is 0 Å². The Morgan fingerprint density at radius 3 is 2.61 bits per heavy atom. The van der Waals surface area contributed by atoms with Gasteiger partial charge >= 0.3 is 0 Å². The Morgan fingerprint density at radius 2 is 2.00 bits per heavy atom. The smallest absolute Gasteiger partial charge is 0.276 e. The van der Waals surface area contributed by atoms with E-state index in [2.05, 4.69) is 15.3 Å². The highest BCUT2D eigenvalue weighted by Crippen LogP contribution is 2.23. The molecule has 0 spiro atoms. The van der Waals surface area contributed by atoms with E-state index < -0.39 is 0 Å². The summed E-state index contributed by atoms with van der Waals surface area (Å²) in [5.41, 5.74) is 1.04. The van der Waals surface area contributed by atoms with Gasteiger partial charge in [-0.05, 0) is 37.4 Å². The minimum absolute atomic E-state index is 0.309. The van der Waals surface area contributed by atoms with Crippen LogP contribution in [-0.2, 0) is 0 Å². The van der Waals surface area contributed by atoms with Crippen molar-refractivity contribution in [3.8, 4) is 5.69 Å². The van der Waals surface area contributed by atoms with Gasteiger partial charge in [-0.2, -0.15) is 0 Å². The van der Waals surface area contributed by atoms with E-state index >= 15 is 0 Å². The summed E-state index contributed by atoms with van der Waals surface area (Å²) in [4.78, 5) is 21.9. The fourth-order valence-electron chi connectivity index (χ4n) is 2.05. The minimum Gasteiger partial charge on any atom is -0.296 e. The zero-order valence-corrected chi connectivity index (χ0v) is 14.0. The summed E-state index contributed by atoms with van der Waals surface area (Å²) in [6, 6.07) is 5.93. The van der Waals surface area contributed by atoms with Gasteiger partial charge in [-0.15, -0.1) is 11.3 Å². The van der Waals surface area contributed by atoms with Crippen LogP contribution in [0.15, 0.2) is 41.8 Å². The number of hydrogen-bond acceptors (Lipinski definition) is 5. The van der Waals surface area contributed by atoms with Gasteiger partial charge in [0.15, 0.2) is 10.3 Å². The van der Waals surface area contributed by atoms with Crippen molar-refractivity contribution in [1.29, 1.82) is 0 Å². The van der Waals surface area contributed by atoms with Crippen molar-refractivity contribution in [2.24, 2.45) is 0 Å². The maximum absolute atomic E-state index is 13.1. The van der Waals surface area contributed by atoms with Crippen LogP contribution < -0.4 is 5.32 Å². The molecular weight excluding hydrogens is 335 g/mol. The molecule has 0 radical (unpaired) electrons. The molecule has 0 unspecified atom stereocenters. The second-order valence-corrected chi connectivity index (χ2v) is 6.68. The predicted molar refractivity (Wildman–Crippen MR) is 90.1 cm³/mol. The number of benzene rings is 1. The van der Waals surface area contributed by atoms with Crippen LogP contribution >= 0.6 is 23.1 Å². The summed E-state index contributed by atoms with van der Waals surface area (Å²) in [6.07, 6.45) is 5.07. The lowest BCUT2D eigenvalue weighted by Crippen LogP contribution is -2.16. The zero-order valence-electron chi connectivity index (χ0n) is 12.4. The van der Waals surface area contributed by atoms with Gasteiger partial charge in [0, 0.05) is 16.8 Å². The Balaban J connectivity index is 1.97. The number of anilines is 1. The van der Waals surface area contributed by atoms with Crippen molar-refractivity contribution in [2.75, 3.05) is 11.6 Å². The molecule has 0 saturated heterocycles. The number of halogens is 1. The molecule has 23 heavy (non-hydrogen) atoms. The third-order valence-corrected chi connectivity index (χ3v) is 4.55. The lowest BCUT2D eigenvalue weighted by Gasteiger charge is -2.10. The van der Waals surface area contributed by atoms with Crippen molar-refractivity contribution in [2.45, 2.75) is 12.1 Å². The highest BCUT2D eigenvalue weighted by atomic mass is 32.2. The second-order valence-electron chi connectivity index (χ2n) is 4.67. The number of nitrogens with zero attached hydrogens (tertiary/aromatic N) is 3. The average Bonchev–Trinajstić information content (AvgIpc) is 3.14. The van der Waals surface area contributed by atoms with Gasteiger partial charge < -0.3 is 0 Å². The van der Waals surface area contributed by atoms with E-state index in [-0.39, 0.29) is 11.7 Å². The number of amides is 1. The summed E-state index contributed by atoms with van der Waals surface area (Å²) in [6.45, 7) is 1.92. The molecule has 3 rings (SSSR count). The molecular formula is C15H13FN4OS2. The van der Waals surface area contributed by atoms with Crippen molar-refractivity contribution in [1.82, 2.24) is 14.5 Å². The molecule has 5 nitrogen and oxygen atoms in total. The molecule has 0 aliphatic rings. The van der Waals surface area contributed by atoms with Crippen LogP contribution in [0.4, 0.5) is 9.52 Å². The minimum atomic E-state index is -0.330. The van der Waals surface area contributed by atoms with Crippen molar-refractivity contribution >= 4 is 34.1 Å². The summed E-state index contributed by atoms with van der Waals surface area (Å²) < 4.78 is 14.8. The SMILES string of the molecule is CSc1ncc(C(=O)Nc2ncc(C)s2)n1-c1ccc(F)cc1. The van der Waals surface area contributed by atoms with Gasteiger partial charge in [-0.1, -0.05) is 11.8 Å². The molecule has 0 aliphatic carbocycles. The number of imidazole rings is 1. The van der Waals surface area contributed by atoms with Gasteiger partial charge in [0.1, 0.15) is 11.5 Å². The number of aromatic nitrogens is 3. The number of thiazole rings is 1. The highest BCUT2D eigenvalue weighted by Gasteiger charge is 2.18. The fraction of sp³-hybridized carbons (Fsp3) is 0.133. The topological polar surface area (TPSA) is 59.8 Å². The summed E-state index contributed by atoms with van der Waals surface area (Å²) in [5.74, 6) is -0.639. The van der Waals surface area contributed by atoms with Crippen LogP contribution in [0.25, 0.3) is 5.69 Å². The highest BCUT2D eigenvalue weighted by molar-refractivity contribution is 7.98. The van der Waals surface area contributed by atoms with Gasteiger partial charge in [-0.25, -0.2) is 14.4 Å². The van der Waals surface area contributed by atoms with E-state index in [9.17, 15) is 9.18 Å². The van der Waals surface area contributed by atoms with Crippen LogP contribution in [0, 0.1) is 12.7 Å². The normalized spacial score (nSPS) is 10.7. The molecule has 2 heterocycles. The van der Waals surface area contributed by atoms with Crippen LogP contribution in [0.3, 0.4) is 0 Å². The Labute approximate surface area is 140 Å². The van der Waals surface area contributed by atoms with E-state index in [0.717, 1.165) is 4.88 Å². The van der Waals surface area contributed by atoms with Gasteiger partial charge in [0.05, 0.1) is 6.20 Å². The van der Waals surface area contributed by atoms with Gasteiger partial charge in [0.2, 0.25) is 0 Å². The molecule has 1 aromatic carbocycles. The zero-order chi connectivity index (χ0) is 16.4. The number of nitrogens with one attached hydrogen (secondary N) is 1. The monoisotopic (exact) mass is 348 g/mol. The van der Waals surface area contributed by atoms with Crippen molar-refractivity contribution < 1.29 is 9.18 Å². The number of carbonyl (C=O) groups is 1. The van der Waals surface area contributed by atoms with E-state index in [0.29, 0.717) is 21.7 Å². The molecule has 1 amide bonds. The Kier molecular flexibility index (Phi) is 4.44. The quantitative estimate of drug-likeness (QED) is 0.730. The lowest BCUT2D eigenvalue weighted by atomic mass is 10.3. The molecule has 0 bridgehead atoms. The first-order valence-corrected chi connectivity index (χ1v) is 8.74. The molecule has 8 heteroatoms. The third kappa shape index (κ3) is 3.27. The summed E-state index contributed by atoms with van der Waals surface area (Å²) in [5, 5.41) is 3.94. The molecule has 118 valence electrons. The first-order chi connectivity index (χ1) is 11.1. The average molecular weight is 348 g/mol. The van der Waals surface area contributed by atoms with Crippen LogP contribution in [-0.4, -0.2) is 26.7 Å². The first-order valence-electron chi connectivity index (χ1n) is 6.70. The van der Waals surface area contributed by atoms with Crippen molar-refractivity contribution in [3.05, 3.63) is 53.0 Å². The first kappa shape index (κ1) is 15.7. The fourth-order valence-corrected chi connectivity index (χ4v) is 3.26.